The van der Waals surface area contributed by atoms with Gasteiger partial charge >= 0.3 is 6.03 Å². The van der Waals surface area contributed by atoms with E-state index in [9.17, 15) is 13.6 Å². The highest BCUT2D eigenvalue weighted by atomic mass is 19.1. The van der Waals surface area contributed by atoms with Gasteiger partial charge in [0.1, 0.15) is 0 Å². The van der Waals surface area contributed by atoms with Gasteiger partial charge in [0, 0.05) is 13.1 Å². The number of carbonyl (C=O) groups excluding carboxylic acids is 1. The van der Waals surface area contributed by atoms with Crippen LogP contribution in [0, 0.1) is 18.6 Å². The van der Waals surface area contributed by atoms with Gasteiger partial charge in [-0.05, 0) is 35.6 Å². The number of fused-ring (bicyclic) bond motifs is 1. The maximum atomic E-state index is 14.2. The van der Waals surface area contributed by atoms with Gasteiger partial charge in [0.05, 0.1) is 18.0 Å². The minimum Gasteiger partial charge on any atom is -0.370 e. The van der Waals surface area contributed by atoms with Gasteiger partial charge < -0.3 is 16.4 Å². The standard InChI is InChI=1S/C17H17F2N5O.CH4/c1-9-2-3-11(15-13(18)6-22-7-14(15)19)12-8-24(5-4-10(9)12)17(25)23-16(20)21;/h2-3,6-7H,4-5,8H2,1H3,(H4,20,21,23,25);1H4. The molecule has 6 nitrogen and oxygen atoms in total. The van der Waals surface area contributed by atoms with Crippen molar-refractivity contribution in [3.63, 3.8) is 0 Å². The van der Waals surface area contributed by atoms with Gasteiger partial charge in [0.25, 0.3) is 0 Å². The Morgan fingerprint density at radius 3 is 2.46 bits per heavy atom. The molecule has 1 aromatic heterocycles. The molecule has 0 saturated heterocycles. The fourth-order valence-corrected chi connectivity index (χ4v) is 3.10. The molecule has 0 unspecified atom stereocenters. The monoisotopic (exact) mass is 361 g/mol. The lowest BCUT2D eigenvalue weighted by Gasteiger charge is -2.30. The van der Waals surface area contributed by atoms with Gasteiger partial charge in [-0.2, -0.15) is 4.99 Å². The zero-order valence-corrected chi connectivity index (χ0v) is 13.6. The molecule has 0 radical (unpaired) electrons. The Morgan fingerprint density at radius 1 is 1.19 bits per heavy atom. The summed E-state index contributed by atoms with van der Waals surface area (Å²) in [5.41, 5.74) is 13.4. The summed E-state index contributed by atoms with van der Waals surface area (Å²) in [5.74, 6) is -1.83. The third kappa shape index (κ3) is 3.49. The van der Waals surface area contributed by atoms with Crippen LogP contribution in [0.2, 0.25) is 0 Å². The van der Waals surface area contributed by atoms with Gasteiger partial charge in [-0.3, -0.25) is 4.98 Å². The van der Waals surface area contributed by atoms with Crippen molar-refractivity contribution >= 4 is 12.0 Å². The van der Waals surface area contributed by atoms with E-state index in [0.717, 1.165) is 23.5 Å². The zero-order valence-electron chi connectivity index (χ0n) is 13.6. The van der Waals surface area contributed by atoms with E-state index in [4.69, 9.17) is 11.5 Å². The van der Waals surface area contributed by atoms with E-state index in [1.807, 2.05) is 13.0 Å². The van der Waals surface area contributed by atoms with Crippen LogP contribution < -0.4 is 11.5 Å². The van der Waals surface area contributed by atoms with Gasteiger partial charge in [-0.15, -0.1) is 0 Å². The summed E-state index contributed by atoms with van der Waals surface area (Å²) in [7, 11) is 0. The first-order valence-electron chi connectivity index (χ1n) is 7.67. The molecule has 0 saturated carbocycles. The van der Waals surface area contributed by atoms with Crippen molar-refractivity contribution < 1.29 is 13.6 Å². The molecule has 2 aromatic rings. The summed E-state index contributed by atoms with van der Waals surface area (Å²) in [5, 5.41) is 0. The Bertz CT molecular complexity index is 858. The van der Waals surface area contributed by atoms with Crippen LogP contribution in [0.3, 0.4) is 0 Å². The molecule has 3 rings (SSSR count). The number of aliphatic imine (C=N–C) groups is 1. The van der Waals surface area contributed by atoms with Crippen molar-refractivity contribution in [3.05, 3.63) is 52.9 Å². The second kappa shape index (κ2) is 7.47. The maximum absolute atomic E-state index is 14.2. The number of carbonyl (C=O) groups is 1. The Morgan fingerprint density at radius 2 is 1.85 bits per heavy atom. The molecule has 0 fully saturated rings. The van der Waals surface area contributed by atoms with Crippen LogP contribution in [-0.4, -0.2) is 28.4 Å². The van der Waals surface area contributed by atoms with E-state index < -0.39 is 17.7 Å². The summed E-state index contributed by atoms with van der Waals surface area (Å²) in [6, 6.07) is 2.90. The van der Waals surface area contributed by atoms with Crippen LogP contribution in [0.25, 0.3) is 11.1 Å². The first-order chi connectivity index (χ1) is 11.9. The molecule has 0 aliphatic carbocycles. The first-order valence-corrected chi connectivity index (χ1v) is 7.67. The fraction of sp³-hybridized carbons (Fsp3) is 0.278. The quantitative estimate of drug-likeness (QED) is 0.603. The van der Waals surface area contributed by atoms with E-state index in [0.29, 0.717) is 24.1 Å². The molecule has 2 amide bonds. The normalized spacial score (nSPS) is 12.8. The average Bonchev–Trinajstić information content (AvgIpc) is 2.55. The molecule has 8 heteroatoms. The van der Waals surface area contributed by atoms with Gasteiger partial charge in [-0.25, -0.2) is 13.6 Å². The number of hydrogen-bond donors (Lipinski definition) is 2. The Balaban J connectivity index is 0.00000243. The zero-order chi connectivity index (χ0) is 18.1. The molecule has 1 aliphatic heterocycles. The van der Waals surface area contributed by atoms with Crippen LogP contribution in [0.15, 0.2) is 29.5 Å². The van der Waals surface area contributed by atoms with Crippen LogP contribution in [0.5, 0.6) is 0 Å². The lowest BCUT2D eigenvalue weighted by Crippen LogP contribution is -2.37. The molecular weight excluding hydrogens is 340 g/mol. The molecule has 0 bridgehead atoms. The summed E-state index contributed by atoms with van der Waals surface area (Å²) in [6.07, 6.45) is 2.49. The topological polar surface area (TPSA) is 97.6 Å². The summed E-state index contributed by atoms with van der Waals surface area (Å²) < 4.78 is 28.4. The van der Waals surface area contributed by atoms with Crippen LogP contribution in [-0.2, 0) is 13.0 Å². The van der Waals surface area contributed by atoms with Crippen molar-refractivity contribution in [2.75, 3.05) is 6.54 Å². The lowest BCUT2D eigenvalue weighted by molar-refractivity contribution is 0.202. The minimum absolute atomic E-state index is 0. The van der Waals surface area contributed by atoms with Crippen molar-refractivity contribution in [1.82, 2.24) is 9.88 Å². The minimum atomic E-state index is -0.751. The molecular formula is C18H21F2N5O. The van der Waals surface area contributed by atoms with Crippen molar-refractivity contribution in [3.8, 4) is 11.1 Å². The van der Waals surface area contributed by atoms with E-state index in [1.165, 1.54) is 4.90 Å². The maximum Gasteiger partial charge on any atom is 0.347 e. The number of pyridine rings is 1. The Hall–Kier alpha value is -3.03. The lowest BCUT2D eigenvalue weighted by atomic mass is 9.88. The molecule has 138 valence electrons. The number of guanidine groups is 1. The first kappa shape index (κ1) is 19.3. The van der Waals surface area contributed by atoms with E-state index in [-0.39, 0.29) is 25.5 Å². The van der Waals surface area contributed by atoms with Crippen molar-refractivity contribution in [1.29, 1.82) is 0 Å². The highest BCUT2D eigenvalue weighted by molar-refractivity contribution is 5.90. The molecule has 4 N–H and O–H groups in total. The van der Waals surface area contributed by atoms with Crippen molar-refractivity contribution in [2.24, 2.45) is 16.5 Å². The summed E-state index contributed by atoms with van der Waals surface area (Å²) in [6.45, 7) is 2.52. The third-order valence-corrected chi connectivity index (χ3v) is 4.26. The molecule has 0 atom stereocenters. The smallest absolute Gasteiger partial charge is 0.347 e. The molecule has 1 aliphatic rings. The SMILES string of the molecule is C.Cc1ccc(-c2c(F)cncc2F)c2c1CCN(C(=O)N=C(N)N)C2. The number of rotatable bonds is 1. The number of benzene rings is 1. The van der Waals surface area contributed by atoms with Crippen molar-refractivity contribution in [2.45, 2.75) is 27.3 Å². The molecule has 2 heterocycles. The molecule has 0 spiro atoms. The van der Waals surface area contributed by atoms with Crippen LogP contribution in [0.4, 0.5) is 13.6 Å². The second-order valence-corrected chi connectivity index (χ2v) is 5.86. The Labute approximate surface area is 150 Å². The van der Waals surface area contributed by atoms with Gasteiger partial charge in [0.15, 0.2) is 17.6 Å². The second-order valence-electron chi connectivity index (χ2n) is 5.86. The van der Waals surface area contributed by atoms with Gasteiger partial charge in [0.2, 0.25) is 0 Å². The predicted molar refractivity (Wildman–Crippen MR) is 96.4 cm³/mol. The number of aromatic nitrogens is 1. The number of hydrogen-bond acceptors (Lipinski definition) is 2. The van der Waals surface area contributed by atoms with E-state index >= 15 is 0 Å². The van der Waals surface area contributed by atoms with Gasteiger partial charge in [-0.1, -0.05) is 19.6 Å². The van der Waals surface area contributed by atoms with Crippen LogP contribution >= 0.6 is 0 Å². The summed E-state index contributed by atoms with van der Waals surface area (Å²) in [4.78, 5) is 20.6. The highest BCUT2D eigenvalue weighted by Gasteiger charge is 2.26. The Kier molecular flexibility index (Phi) is 5.54. The van der Waals surface area contributed by atoms with Crippen LogP contribution in [0.1, 0.15) is 24.1 Å². The average molecular weight is 361 g/mol. The summed E-state index contributed by atoms with van der Waals surface area (Å²) >= 11 is 0. The largest absolute Gasteiger partial charge is 0.370 e. The fourth-order valence-electron chi connectivity index (χ4n) is 3.10. The number of urea groups is 1. The van der Waals surface area contributed by atoms with E-state index in [1.54, 1.807) is 6.07 Å². The predicted octanol–water partition coefficient (Wildman–Crippen LogP) is 2.72. The molecule has 1 aromatic carbocycles. The third-order valence-electron chi connectivity index (χ3n) is 4.26. The number of amides is 2. The van der Waals surface area contributed by atoms with E-state index in [2.05, 4.69) is 9.98 Å². The highest BCUT2D eigenvalue weighted by Crippen LogP contribution is 2.35. The number of nitrogens with zero attached hydrogens (tertiary/aromatic N) is 3. The molecule has 26 heavy (non-hydrogen) atoms. The number of aryl methyl sites for hydroxylation is 1. The number of nitrogens with two attached hydrogens (primary N) is 2. The number of halogens is 2.